The molecule has 1 aliphatic rings. The van der Waals surface area contributed by atoms with E-state index >= 15 is 0 Å². The summed E-state index contributed by atoms with van der Waals surface area (Å²) in [6.45, 7) is 6.59. The minimum absolute atomic E-state index is 0.577. The normalized spacial score (nSPS) is 17.8. The van der Waals surface area contributed by atoms with E-state index in [0.29, 0.717) is 12.1 Å². The van der Waals surface area contributed by atoms with Crippen molar-refractivity contribution in [1.82, 2.24) is 10.3 Å². The molecule has 1 saturated heterocycles. The van der Waals surface area contributed by atoms with Crippen LogP contribution in [0.2, 0.25) is 0 Å². The van der Waals surface area contributed by atoms with Crippen LogP contribution >= 0.6 is 15.9 Å². The van der Waals surface area contributed by atoms with Crippen LogP contribution in [0.5, 0.6) is 0 Å². The Hall–Kier alpha value is -0.610. The molecule has 1 aromatic heterocycles. The first-order chi connectivity index (χ1) is 8.16. The van der Waals surface area contributed by atoms with Crippen LogP contribution in [-0.2, 0) is 0 Å². The van der Waals surface area contributed by atoms with Crippen molar-refractivity contribution in [1.29, 1.82) is 0 Å². The van der Waals surface area contributed by atoms with Gasteiger partial charge < -0.3 is 10.2 Å². The highest BCUT2D eigenvalue weighted by atomic mass is 79.9. The smallest absolute Gasteiger partial charge is 0.142 e. The van der Waals surface area contributed by atoms with Gasteiger partial charge >= 0.3 is 0 Å². The molecule has 1 aromatic rings. The van der Waals surface area contributed by atoms with Gasteiger partial charge in [0.1, 0.15) is 5.82 Å². The van der Waals surface area contributed by atoms with E-state index in [0.717, 1.165) is 23.4 Å². The number of nitrogens with zero attached hydrogens (tertiary/aromatic N) is 2. The zero-order chi connectivity index (χ0) is 12.3. The van der Waals surface area contributed by atoms with Crippen molar-refractivity contribution < 1.29 is 0 Å². The molecule has 2 heterocycles. The second kappa shape index (κ2) is 5.83. The molecule has 3 nitrogen and oxygen atoms in total. The van der Waals surface area contributed by atoms with Gasteiger partial charge in [-0.2, -0.15) is 0 Å². The molecular formula is C13H20BrN3. The monoisotopic (exact) mass is 297 g/mol. The molecule has 4 heteroatoms. The molecule has 1 N–H and O–H groups in total. The summed E-state index contributed by atoms with van der Waals surface area (Å²) < 4.78 is 1.09. The van der Waals surface area contributed by atoms with Crippen LogP contribution in [0.3, 0.4) is 0 Å². The third-order valence-electron chi connectivity index (χ3n) is 3.10. The largest absolute Gasteiger partial charge is 0.356 e. The second-order valence-corrected chi connectivity index (χ2v) is 5.75. The minimum atomic E-state index is 0.577. The third-order valence-corrected chi connectivity index (χ3v) is 3.72. The van der Waals surface area contributed by atoms with Crippen LogP contribution in [0, 0.1) is 0 Å². The van der Waals surface area contributed by atoms with E-state index in [-0.39, 0.29) is 0 Å². The highest BCUT2D eigenvalue weighted by Crippen LogP contribution is 2.25. The molecule has 0 bridgehead atoms. The van der Waals surface area contributed by atoms with Gasteiger partial charge in [0.05, 0.1) is 4.47 Å². The molecule has 1 fully saturated rings. The Bertz CT molecular complexity index is 359. The van der Waals surface area contributed by atoms with E-state index in [4.69, 9.17) is 0 Å². The maximum Gasteiger partial charge on any atom is 0.142 e. The lowest BCUT2D eigenvalue weighted by molar-refractivity contribution is 0.386. The van der Waals surface area contributed by atoms with Gasteiger partial charge in [-0.05, 0) is 40.9 Å². The lowest BCUT2D eigenvalue weighted by Gasteiger charge is -2.34. The summed E-state index contributed by atoms with van der Waals surface area (Å²) >= 11 is 3.57. The SMILES string of the molecule is CC(C)NC1CCN(c2ncccc2Br)CC1. The number of aromatic nitrogens is 1. The molecule has 0 unspecified atom stereocenters. The standard InChI is InChI=1S/C13H20BrN3/c1-10(2)16-11-5-8-17(9-6-11)13-12(14)4-3-7-15-13/h3-4,7,10-11,16H,5-6,8-9H2,1-2H3. The molecule has 0 atom stereocenters. The Morgan fingerprint density at radius 2 is 2.12 bits per heavy atom. The first-order valence-electron chi connectivity index (χ1n) is 6.28. The zero-order valence-corrected chi connectivity index (χ0v) is 12.1. The fourth-order valence-electron chi connectivity index (χ4n) is 2.34. The first-order valence-corrected chi connectivity index (χ1v) is 7.07. The molecule has 0 aliphatic carbocycles. The maximum atomic E-state index is 4.45. The molecule has 0 amide bonds. The van der Waals surface area contributed by atoms with E-state index < -0.39 is 0 Å². The topological polar surface area (TPSA) is 28.2 Å². The van der Waals surface area contributed by atoms with E-state index in [9.17, 15) is 0 Å². The molecule has 0 saturated carbocycles. The van der Waals surface area contributed by atoms with Gasteiger partial charge in [-0.3, -0.25) is 0 Å². The van der Waals surface area contributed by atoms with Crippen LogP contribution < -0.4 is 10.2 Å². The summed E-state index contributed by atoms with van der Waals surface area (Å²) in [4.78, 5) is 6.81. The average molecular weight is 298 g/mol. The number of piperidine rings is 1. The van der Waals surface area contributed by atoms with Crippen molar-refractivity contribution in [2.24, 2.45) is 0 Å². The third kappa shape index (κ3) is 3.42. The van der Waals surface area contributed by atoms with Gasteiger partial charge in [-0.1, -0.05) is 13.8 Å². The minimum Gasteiger partial charge on any atom is -0.356 e. The molecule has 0 radical (unpaired) electrons. The Morgan fingerprint density at radius 1 is 1.41 bits per heavy atom. The van der Waals surface area contributed by atoms with Crippen LogP contribution in [0.1, 0.15) is 26.7 Å². The van der Waals surface area contributed by atoms with Crippen LogP contribution in [0.4, 0.5) is 5.82 Å². The summed E-state index contributed by atoms with van der Waals surface area (Å²) in [7, 11) is 0. The maximum absolute atomic E-state index is 4.45. The number of hydrogen-bond acceptors (Lipinski definition) is 3. The number of nitrogens with one attached hydrogen (secondary N) is 1. The second-order valence-electron chi connectivity index (χ2n) is 4.89. The average Bonchev–Trinajstić information content (AvgIpc) is 2.30. The molecule has 94 valence electrons. The van der Waals surface area contributed by atoms with E-state index in [1.54, 1.807) is 0 Å². The van der Waals surface area contributed by atoms with Gasteiger partial charge in [0.25, 0.3) is 0 Å². The van der Waals surface area contributed by atoms with Crippen molar-refractivity contribution in [3.05, 3.63) is 22.8 Å². The van der Waals surface area contributed by atoms with Crippen LogP contribution in [-0.4, -0.2) is 30.2 Å². The number of anilines is 1. The van der Waals surface area contributed by atoms with Gasteiger partial charge in [0, 0.05) is 31.4 Å². The quantitative estimate of drug-likeness (QED) is 0.930. The summed E-state index contributed by atoms with van der Waals surface area (Å²) in [5.41, 5.74) is 0. The van der Waals surface area contributed by atoms with E-state index in [1.165, 1.54) is 12.8 Å². The lowest BCUT2D eigenvalue weighted by Crippen LogP contribution is -2.45. The molecule has 2 rings (SSSR count). The van der Waals surface area contributed by atoms with Crippen molar-refractivity contribution in [2.45, 2.75) is 38.8 Å². The fourth-order valence-corrected chi connectivity index (χ4v) is 2.85. The zero-order valence-electron chi connectivity index (χ0n) is 10.5. The molecule has 1 aliphatic heterocycles. The van der Waals surface area contributed by atoms with Crippen LogP contribution in [0.25, 0.3) is 0 Å². The lowest BCUT2D eigenvalue weighted by atomic mass is 10.0. The van der Waals surface area contributed by atoms with Gasteiger partial charge in [0.2, 0.25) is 0 Å². The summed E-state index contributed by atoms with van der Waals surface area (Å²) in [6, 6.07) is 5.25. The van der Waals surface area contributed by atoms with Crippen LogP contribution in [0.15, 0.2) is 22.8 Å². The Labute approximate surface area is 112 Å². The first kappa shape index (κ1) is 12.8. The molecular weight excluding hydrogens is 278 g/mol. The number of pyridine rings is 1. The van der Waals surface area contributed by atoms with Gasteiger partial charge in [-0.25, -0.2) is 4.98 Å². The molecule has 0 aromatic carbocycles. The van der Waals surface area contributed by atoms with Crippen molar-refractivity contribution >= 4 is 21.7 Å². The summed E-state index contributed by atoms with van der Waals surface area (Å²) in [5, 5.41) is 3.61. The summed E-state index contributed by atoms with van der Waals surface area (Å²) in [6.07, 6.45) is 4.25. The number of hydrogen-bond donors (Lipinski definition) is 1. The molecule has 17 heavy (non-hydrogen) atoms. The van der Waals surface area contributed by atoms with Crippen molar-refractivity contribution in [3.63, 3.8) is 0 Å². The highest BCUT2D eigenvalue weighted by Gasteiger charge is 2.21. The van der Waals surface area contributed by atoms with Crippen molar-refractivity contribution in [2.75, 3.05) is 18.0 Å². The number of rotatable bonds is 3. The fraction of sp³-hybridized carbons (Fsp3) is 0.615. The Balaban J connectivity index is 1.93. The predicted octanol–water partition coefficient (Wildman–Crippen LogP) is 2.81. The van der Waals surface area contributed by atoms with Crippen molar-refractivity contribution in [3.8, 4) is 0 Å². The van der Waals surface area contributed by atoms with Gasteiger partial charge in [0.15, 0.2) is 0 Å². The van der Waals surface area contributed by atoms with E-state index in [2.05, 4.69) is 51.0 Å². The Morgan fingerprint density at radius 3 is 2.71 bits per heavy atom. The van der Waals surface area contributed by atoms with E-state index in [1.807, 2.05) is 12.3 Å². The van der Waals surface area contributed by atoms with Gasteiger partial charge in [-0.15, -0.1) is 0 Å². The number of halogens is 1. The molecule has 0 spiro atoms. The summed E-state index contributed by atoms with van der Waals surface area (Å²) in [5.74, 6) is 1.08. The Kier molecular flexibility index (Phi) is 4.40. The predicted molar refractivity (Wildman–Crippen MR) is 75.4 cm³/mol. The highest BCUT2D eigenvalue weighted by molar-refractivity contribution is 9.10.